The lowest BCUT2D eigenvalue weighted by atomic mass is 10.1. The van der Waals surface area contributed by atoms with Gasteiger partial charge < -0.3 is 4.90 Å². The third-order valence-corrected chi connectivity index (χ3v) is 3.72. The summed E-state index contributed by atoms with van der Waals surface area (Å²) in [5, 5.41) is 0.553. The third-order valence-electron chi connectivity index (χ3n) is 3.39. The first-order valence-corrected chi connectivity index (χ1v) is 7.01. The normalized spacial score (nSPS) is 14.9. The minimum Gasteiger partial charge on any atom is -0.368 e. The molecule has 0 heterocycles. The molecule has 0 bridgehead atoms. The minimum atomic E-state index is 0.553. The lowest BCUT2D eigenvalue weighted by Gasteiger charge is -2.27. The van der Waals surface area contributed by atoms with Crippen LogP contribution in [0.25, 0.3) is 0 Å². The Morgan fingerprint density at radius 2 is 2.17 bits per heavy atom. The van der Waals surface area contributed by atoms with Crippen LogP contribution in [0.15, 0.2) is 18.2 Å². The molecule has 1 fully saturated rings. The zero-order chi connectivity index (χ0) is 13.1. The van der Waals surface area contributed by atoms with E-state index < -0.39 is 0 Å². The fourth-order valence-corrected chi connectivity index (χ4v) is 2.39. The summed E-state index contributed by atoms with van der Waals surface area (Å²) in [4.78, 5) is 13.6. The van der Waals surface area contributed by atoms with Crippen LogP contribution in [0.2, 0.25) is 5.02 Å². The van der Waals surface area contributed by atoms with Gasteiger partial charge in [0.05, 0.1) is 10.6 Å². The Labute approximate surface area is 114 Å². The van der Waals surface area contributed by atoms with Crippen LogP contribution in [0.1, 0.15) is 43.5 Å². The summed E-state index contributed by atoms with van der Waals surface area (Å²) in [6.45, 7) is 5.46. The highest BCUT2D eigenvalue weighted by atomic mass is 35.5. The molecule has 1 aliphatic rings. The molecule has 3 heteroatoms. The second-order valence-corrected chi connectivity index (χ2v) is 5.80. The van der Waals surface area contributed by atoms with Gasteiger partial charge in [0.1, 0.15) is 0 Å². The Kier molecular flexibility index (Phi) is 4.28. The third kappa shape index (κ3) is 3.05. The van der Waals surface area contributed by atoms with E-state index in [9.17, 15) is 4.79 Å². The van der Waals surface area contributed by atoms with Crippen molar-refractivity contribution >= 4 is 23.6 Å². The Morgan fingerprint density at radius 3 is 2.72 bits per heavy atom. The van der Waals surface area contributed by atoms with Gasteiger partial charge in [0, 0.05) is 18.3 Å². The van der Waals surface area contributed by atoms with E-state index in [0.29, 0.717) is 22.5 Å². The van der Waals surface area contributed by atoms with E-state index in [1.807, 2.05) is 12.1 Å². The first kappa shape index (κ1) is 13.4. The second kappa shape index (κ2) is 5.75. The zero-order valence-corrected chi connectivity index (χ0v) is 11.8. The lowest BCUT2D eigenvalue weighted by Crippen LogP contribution is -2.28. The molecule has 0 saturated heterocycles. The maximum atomic E-state index is 11.2. The molecule has 2 nitrogen and oxygen atoms in total. The first-order valence-electron chi connectivity index (χ1n) is 6.63. The Morgan fingerprint density at radius 1 is 1.44 bits per heavy atom. The number of anilines is 1. The van der Waals surface area contributed by atoms with E-state index in [2.05, 4.69) is 18.7 Å². The molecular weight excluding hydrogens is 246 g/mol. The van der Waals surface area contributed by atoms with E-state index in [-0.39, 0.29) is 0 Å². The van der Waals surface area contributed by atoms with E-state index >= 15 is 0 Å². The Hall–Kier alpha value is -1.02. The maximum absolute atomic E-state index is 11.2. The van der Waals surface area contributed by atoms with Crippen LogP contribution in [0, 0.1) is 5.92 Å². The summed E-state index contributed by atoms with van der Waals surface area (Å²) in [6.07, 6.45) is 4.47. The molecule has 1 aromatic rings. The molecule has 2 rings (SSSR count). The lowest BCUT2D eigenvalue weighted by molar-refractivity contribution is 0.112. The number of hydrogen-bond donors (Lipinski definition) is 0. The molecule has 0 N–H and O–H groups in total. The van der Waals surface area contributed by atoms with Gasteiger partial charge in [0.15, 0.2) is 6.29 Å². The molecule has 0 spiro atoms. The molecule has 0 aliphatic heterocycles. The van der Waals surface area contributed by atoms with E-state index in [1.54, 1.807) is 6.07 Å². The highest BCUT2D eigenvalue weighted by Crippen LogP contribution is 2.35. The van der Waals surface area contributed by atoms with Crippen molar-refractivity contribution in [3.8, 4) is 0 Å². The van der Waals surface area contributed by atoms with Gasteiger partial charge in [0.25, 0.3) is 0 Å². The molecule has 1 saturated carbocycles. The summed E-state index contributed by atoms with van der Waals surface area (Å²) in [7, 11) is 0. The molecule has 0 amide bonds. The van der Waals surface area contributed by atoms with Crippen molar-refractivity contribution in [1.29, 1.82) is 0 Å². The summed E-state index contributed by atoms with van der Waals surface area (Å²) >= 11 is 6.10. The van der Waals surface area contributed by atoms with Crippen LogP contribution in [-0.4, -0.2) is 18.9 Å². The first-order chi connectivity index (χ1) is 8.63. The van der Waals surface area contributed by atoms with Crippen LogP contribution >= 0.6 is 11.6 Å². The van der Waals surface area contributed by atoms with Crippen molar-refractivity contribution in [3.63, 3.8) is 0 Å². The van der Waals surface area contributed by atoms with Crippen molar-refractivity contribution < 1.29 is 4.79 Å². The number of rotatable bonds is 6. The SMILES string of the molecule is CC(C)CCN(c1cccc(Cl)c1C=O)C1CC1. The Balaban J connectivity index is 2.24. The zero-order valence-electron chi connectivity index (χ0n) is 11.0. The van der Waals surface area contributed by atoms with Crippen LogP contribution in [0.3, 0.4) is 0 Å². The molecule has 18 heavy (non-hydrogen) atoms. The minimum absolute atomic E-state index is 0.553. The molecule has 0 aromatic heterocycles. The number of carbonyl (C=O) groups excluding carboxylic acids is 1. The van der Waals surface area contributed by atoms with Crippen molar-refractivity contribution in [3.05, 3.63) is 28.8 Å². The van der Waals surface area contributed by atoms with Crippen LogP contribution in [0.4, 0.5) is 5.69 Å². The van der Waals surface area contributed by atoms with Crippen LogP contribution in [0.5, 0.6) is 0 Å². The molecule has 0 unspecified atom stereocenters. The van der Waals surface area contributed by atoms with Crippen LogP contribution < -0.4 is 4.90 Å². The summed E-state index contributed by atoms with van der Waals surface area (Å²) in [6, 6.07) is 6.31. The highest BCUT2D eigenvalue weighted by Gasteiger charge is 2.30. The standard InChI is InChI=1S/C15H20ClNO/c1-11(2)8-9-17(12-6-7-12)15-5-3-4-14(16)13(15)10-18/h3-5,10-12H,6-9H2,1-2H3. The average molecular weight is 266 g/mol. The molecular formula is C15H20ClNO. The van der Waals surface area contributed by atoms with Crippen molar-refractivity contribution in [1.82, 2.24) is 0 Å². The summed E-state index contributed by atoms with van der Waals surface area (Å²) in [5.74, 6) is 0.671. The number of hydrogen-bond acceptors (Lipinski definition) is 2. The number of nitrogens with zero attached hydrogens (tertiary/aromatic N) is 1. The van der Waals surface area contributed by atoms with Gasteiger partial charge in [-0.05, 0) is 37.3 Å². The van der Waals surface area contributed by atoms with Crippen molar-refractivity contribution in [2.24, 2.45) is 5.92 Å². The summed E-state index contributed by atoms with van der Waals surface area (Å²) < 4.78 is 0. The highest BCUT2D eigenvalue weighted by molar-refractivity contribution is 6.33. The molecule has 0 radical (unpaired) electrons. The van der Waals surface area contributed by atoms with Crippen molar-refractivity contribution in [2.75, 3.05) is 11.4 Å². The number of carbonyl (C=O) groups is 1. The van der Waals surface area contributed by atoms with Gasteiger partial charge in [-0.25, -0.2) is 0 Å². The Bertz CT molecular complexity index is 427. The number of halogens is 1. The number of aldehydes is 1. The van der Waals surface area contributed by atoms with Gasteiger partial charge in [0.2, 0.25) is 0 Å². The largest absolute Gasteiger partial charge is 0.368 e. The summed E-state index contributed by atoms with van der Waals surface area (Å²) in [5.41, 5.74) is 1.63. The topological polar surface area (TPSA) is 20.3 Å². The fourth-order valence-electron chi connectivity index (χ4n) is 2.18. The molecule has 0 atom stereocenters. The van der Waals surface area contributed by atoms with E-state index in [0.717, 1.165) is 24.9 Å². The molecule has 1 aromatic carbocycles. The van der Waals surface area contributed by atoms with Gasteiger partial charge in [-0.15, -0.1) is 0 Å². The second-order valence-electron chi connectivity index (χ2n) is 5.40. The van der Waals surface area contributed by atoms with Crippen molar-refractivity contribution in [2.45, 2.75) is 39.2 Å². The van der Waals surface area contributed by atoms with E-state index in [4.69, 9.17) is 11.6 Å². The van der Waals surface area contributed by atoms with Crippen LogP contribution in [-0.2, 0) is 0 Å². The number of benzene rings is 1. The average Bonchev–Trinajstić information content (AvgIpc) is 3.13. The smallest absolute Gasteiger partial charge is 0.153 e. The van der Waals surface area contributed by atoms with E-state index in [1.165, 1.54) is 12.8 Å². The fraction of sp³-hybridized carbons (Fsp3) is 0.533. The quantitative estimate of drug-likeness (QED) is 0.720. The monoisotopic (exact) mass is 265 g/mol. The van der Waals surface area contributed by atoms with Gasteiger partial charge in [-0.3, -0.25) is 4.79 Å². The van der Waals surface area contributed by atoms with Gasteiger partial charge in [-0.1, -0.05) is 31.5 Å². The molecule has 98 valence electrons. The molecule has 1 aliphatic carbocycles. The van der Waals surface area contributed by atoms with Gasteiger partial charge >= 0.3 is 0 Å². The predicted molar refractivity (Wildman–Crippen MR) is 76.7 cm³/mol. The maximum Gasteiger partial charge on any atom is 0.153 e. The van der Waals surface area contributed by atoms with Gasteiger partial charge in [-0.2, -0.15) is 0 Å². The predicted octanol–water partition coefficient (Wildman–Crippen LogP) is 4.17.